The van der Waals surface area contributed by atoms with Crippen molar-refractivity contribution in [1.82, 2.24) is 0 Å². The summed E-state index contributed by atoms with van der Waals surface area (Å²) in [6.45, 7) is 2.70. The van der Waals surface area contributed by atoms with Crippen LogP contribution in [0.1, 0.15) is 6.42 Å². The zero-order valence-electron chi connectivity index (χ0n) is 9.57. The van der Waals surface area contributed by atoms with Gasteiger partial charge in [-0.05, 0) is 18.6 Å². The molecule has 0 saturated heterocycles. The van der Waals surface area contributed by atoms with E-state index in [9.17, 15) is 0 Å². The molecule has 1 aromatic carbocycles. The Morgan fingerprint density at radius 3 is 3.12 bits per heavy atom. The Balaban J connectivity index is 2.24. The topological polar surface area (TPSA) is 44.7 Å². The van der Waals surface area contributed by atoms with Gasteiger partial charge in [0.25, 0.3) is 0 Å². The summed E-state index contributed by atoms with van der Waals surface area (Å²) in [5.74, 6) is 0.925. The van der Waals surface area contributed by atoms with E-state index in [0.717, 1.165) is 36.6 Å². The first-order valence-corrected chi connectivity index (χ1v) is 5.66. The molecular formula is C12H18N2O2. The molecule has 0 saturated carbocycles. The number of rotatable bonds is 4. The third-order valence-electron chi connectivity index (χ3n) is 2.80. The van der Waals surface area contributed by atoms with Crippen LogP contribution in [0.3, 0.4) is 0 Å². The highest BCUT2D eigenvalue weighted by Gasteiger charge is 2.19. The van der Waals surface area contributed by atoms with Crippen LogP contribution in [-0.2, 0) is 0 Å². The predicted octanol–water partition coefficient (Wildman–Crippen LogP) is 1.31. The number of ether oxygens (including phenoxy) is 1. The first-order chi connectivity index (χ1) is 7.86. The average molecular weight is 222 g/mol. The van der Waals surface area contributed by atoms with Gasteiger partial charge >= 0.3 is 0 Å². The van der Waals surface area contributed by atoms with Gasteiger partial charge in [-0.2, -0.15) is 0 Å². The van der Waals surface area contributed by atoms with Gasteiger partial charge in [0, 0.05) is 20.2 Å². The summed E-state index contributed by atoms with van der Waals surface area (Å²) in [7, 11) is 1.89. The van der Waals surface area contributed by atoms with Crippen molar-refractivity contribution in [3.63, 3.8) is 0 Å². The van der Waals surface area contributed by atoms with E-state index in [1.807, 2.05) is 19.2 Å². The molecule has 4 heteroatoms. The minimum Gasteiger partial charge on any atom is -0.487 e. The standard InChI is InChI=1S/C12H18N2O2/c1-13-10-4-2-5-11-12(10)16-9-7-14(11)6-3-8-15/h2,4-5,13,15H,3,6-9H2,1H3. The predicted molar refractivity (Wildman–Crippen MR) is 65.4 cm³/mol. The molecule has 2 N–H and O–H groups in total. The first kappa shape index (κ1) is 11.1. The number of aliphatic hydroxyl groups is 1. The van der Waals surface area contributed by atoms with Gasteiger partial charge in [0.1, 0.15) is 6.61 Å². The lowest BCUT2D eigenvalue weighted by Gasteiger charge is -2.32. The highest BCUT2D eigenvalue weighted by atomic mass is 16.5. The van der Waals surface area contributed by atoms with E-state index < -0.39 is 0 Å². The van der Waals surface area contributed by atoms with Crippen LogP contribution >= 0.6 is 0 Å². The van der Waals surface area contributed by atoms with Crippen LogP contribution in [0.5, 0.6) is 5.75 Å². The van der Waals surface area contributed by atoms with Crippen molar-refractivity contribution in [3.05, 3.63) is 18.2 Å². The second-order valence-electron chi connectivity index (χ2n) is 3.82. The molecule has 1 aromatic rings. The molecule has 16 heavy (non-hydrogen) atoms. The molecule has 0 aliphatic carbocycles. The van der Waals surface area contributed by atoms with Gasteiger partial charge in [0.2, 0.25) is 0 Å². The van der Waals surface area contributed by atoms with Crippen LogP contribution in [0.2, 0.25) is 0 Å². The molecule has 88 valence electrons. The van der Waals surface area contributed by atoms with Gasteiger partial charge in [0.05, 0.1) is 17.9 Å². The average Bonchev–Trinajstić information content (AvgIpc) is 2.35. The van der Waals surface area contributed by atoms with Crippen LogP contribution < -0.4 is 15.0 Å². The Morgan fingerprint density at radius 1 is 1.50 bits per heavy atom. The summed E-state index contributed by atoms with van der Waals surface area (Å²) >= 11 is 0. The molecule has 1 aliphatic heterocycles. The maximum absolute atomic E-state index is 8.88. The van der Waals surface area contributed by atoms with E-state index in [4.69, 9.17) is 9.84 Å². The molecule has 0 aromatic heterocycles. The van der Waals surface area contributed by atoms with E-state index >= 15 is 0 Å². The molecule has 0 unspecified atom stereocenters. The van der Waals surface area contributed by atoms with Gasteiger partial charge in [-0.15, -0.1) is 0 Å². The van der Waals surface area contributed by atoms with Gasteiger partial charge in [0.15, 0.2) is 5.75 Å². The molecule has 0 amide bonds. The fourth-order valence-corrected chi connectivity index (χ4v) is 1.99. The fourth-order valence-electron chi connectivity index (χ4n) is 1.99. The minimum absolute atomic E-state index is 0.235. The van der Waals surface area contributed by atoms with Gasteiger partial charge in [-0.1, -0.05) is 6.07 Å². The van der Waals surface area contributed by atoms with Gasteiger partial charge in [-0.25, -0.2) is 0 Å². The summed E-state index contributed by atoms with van der Waals surface area (Å²) in [5, 5.41) is 12.0. The highest BCUT2D eigenvalue weighted by molar-refractivity contribution is 5.72. The Labute approximate surface area is 95.8 Å². The molecule has 0 spiro atoms. The Hall–Kier alpha value is -1.42. The van der Waals surface area contributed by atoms with Crippen molar-refractivity contribution in [1.29, 1.82) is 0 Å². The fraction of sp³-hybridized carbons (Fsp3) is 0.500. The summed E-state index contributed by atoms with van der Waals surface area (Å²) in [5.41, 5.74) is 2.14. The van der Waals surface area contributed by atoms with Crippen molar-refractivity contribution in [3.8, 4) is 5.75 Å². The minimum atomic E-state index is 0.235. The molecule has 0 radical (unpaired) electrons. The molecule has 0 bridgehead atoms. The SMILES string of the molecule is CNc1cccc2c1OCCN2CCCO. The zero-order valence-corrected chi connectivity index (χ0v) is 9.57. The lowest BCUT2D eigenvalue weighted by Crippen LogP contribution is -2.34. The number of hydrogen-bond acceptors (Lipinski definition) is 4. The van der Waals surface area contributed by atoms with E-state index in [1.165, 1.54) is 0 Å². The van der Waals surface area contributed by atoms with Crippen molar-refractivity contribution in [2.24, 2.45) is 0 Å². The molecule has 2 rings (SSSR count). The third kappa shape index (κ3) is 2.07. The Kier molecular flexibility index (Phi) is 3.51. The number of benzene rings is 1. The molecule has 0 fully saturated rings. The van der Waals surface area contributed by atoms with Gasteiger partial charge < -0.3 is 20.1 Å². The van der Waals surface area contributed by atoms with Crippen LogP contribution in [-0.4, -0.2) is 38.5 Å². The van der Waals surface area contributed by atoms with Crippen LogP contribution in [0.25, 0.3) is 0 Å². The van der Waals surface area contributed by atoms with E-state index in [0.29, 0.717) is 6.61 Å². The smallest absolute Gasteiger partial charge is 0.165 e. The van der Waals surface area contributed by atoms with Crippen LogP contribution in [0, 0.1) is 0 Å². The highest BCUT2D eigenvalue weighted by Crippen LogP contribution is 2.37. The monoisotopic (exact) mass is 222 g/mol. The number of nitrogens with one attached hydrogen (secondary N) is 1. The molecule has 1 heterocycles. The maximum atomic E-state index is 8.88. The van der Waals surface area contributed by atoms with E-state index in [2.05, 4.69) is 16.3 Å². The van der Waals surface area contributed by atoms with Crippen molar-refractivity contribution in [2.75, 3.05) is 43.6 Å². The number of aliphatic hydroxyl groups excluding tert-OH is 1. The quantitative estimate of drug-likeness (QED) is 0.806. The van der Waals surface area contributed by atoms with Crippen LogP contribution in [0.15, 0.2) is 18.2 Å². The molecule has 4 nitrogen and oxygen atoms in total. The van der Waals surface area contributed by atoms with E-state index in [1.54, 1.807) is 0 Å². The normalized spacial score (nSPS) is 14.2. The zero-order chi connectivity index (χ0) is 11.4. The maximum Gasteiger partial charge on any atom is 0.165 e. The number of nitrogens with zero attached hydrogens (tertiary/aromatic N) is 1. The molecular weight excluding hydrogens is 204 g/mol. The number of anilines is 2. The summed E-state index contributed by atoms with van der Waals surface area (Å²) in [4.78, 5) is 2.26. The lowest BCUT2D eigenvalue weighted by atomic mass is 10.2. The van der Waals surface area contributed by atoms with Crippen molar-refractivity contribution < 1.29 is 9.84 Å². The van der Waals surface area contributed by atoms with Crippen LogP contribution in [0.4, 0.5) is 11.4 Å². The number of para-hydroxylation sites is 1. The lowest BCUT2D eigenvalue weighted by molar-refractivity contribution is 0.280. The largest absolute Gasteiger partial charge is 0.487 e. The third-order valence-corrected chi connectivity index (χ3v) is 2.80. The van der Waals surface area contributed by atoms with E-state index in [-0.39, 0.29) is 6.61 Å². The van der Waals surface area contributed by atoms with Gasteiger partial charge in [-0.3, -0.25) is 0 Å². The van der Waals surface area contributed by atoms with Crippen molar-refractivity contribution >= 4 is 11.4 Å². The first-order valence-electron chi connectivity index (χ1n) is 5.66. The summed E-state index contributed by atoms with van der Waals surface area (Å²) in [6, 6.07) is 6.09. The summed E-state index contributed by atoms with van der Waals surface area (Å²) < 4.78 is 5.69. The molecule has 1 aliphatic rings. The second-order valence-corrected chi connectivity index (χ2v) is 3.82. The Morgan fingerprint density at radius 2 is 2.38 bits per heavy atom. The number of hydrogen-bond donors (Lipinski definition) is 2. The summed E-state index contributed by atoms with van der Waals surface area (Å²) in [6.07, 6.45) is 0.795. The second kappa shape index (κ2) is 5.07. The molecule has 0 atom stereocenters. The number of fused-ring (bicyclic) bond motifs is 1. The van der Waals surface area contributed by atoms with Crippen molar-refractivity contribution in [2.45, 2.75) is 6.42 Å². The Bertz CT molecular complexity index is 355.